The van der Waals surface area contributed by atoms with Gasteiger partial charge in [-0.2, -0.15) is 9.78 Å². The summed E-state index contributed by atoms with van der Waals surface area (Å²) in [6, 6.07) is -1.09. The molecular weight excluding hydrogens is 392 g/mol. The van der Waals surface area contributed by atoms with Gasteiger partial charge in [-0.05, 0) is 0 Å². The van der Waals surface area contributed by atoms with E-state index in [2.05, 4.69) is 5.10 Å². The summed E-state index contributed by atoms with van der Waals surface area (Å²) in [6.07, 6.45) is -3.21. The molecule has 158 valence electrons. The van der Waals surface area contributed by atoms with Crippen LogP contribution in [0.25, 0.3) is 0 Å². The van der Waals surface area contributed by atoms with Gasteiger partial charge in [0.2, 0.25) is 5.91 Å². The second-order valence-corrected chi connectivity index (χ2v) is 6.24. The van der Waals surface area contributed by atoms with Crippen molar-refractivity contribution in [2.24, 2.45) is 0 Å². The summed E-state index contributed by atoms with van der Waals surface area (Å²) in [7, 11) is 0. The highest BCUT2D eigenvalue weighted by atomic mass is 16.6. The summed E-state index contributed by atoms with van der Waals surface area (Å²) in [5, 5.41) is 3.72. The van der Waals surface area contributed by atoms with E-state index in [0.29, 0.717) is 0 Å². The molecule has 13 heteroatoms. The zero-order valence-electron chi connectivity index (χ0n) is 16.1. The highest BCUT2D eigenvalue weighted by molar-refractivity contribution is 5.75. The number of carbonyl (C=O) groups excluding carboxylic acids is 4. The van der Waals surface area contributed by atoms with Crippen LogP contribution in [0.1, 0.15) is 33.9 Å². The molecule has 13 nitrogen and oxygen atoms in total. The van der Waals surface area contributed by atoms with Crippen molar-refractivity contribution < 1.29 is 33.4 Å². The average molecular weight is 412 g/mol. The smallest absolute Gasteiger partial charge is 0.346 e. The number of ether oxygens (including phenoxy) is 3. The molecule has 1 amide bonds. The number of hydrogen-bond acceptors (Lipinski definition) is 10. The minimum Gasteiger partial charge on any atom is -0.464 e. The van der Waals surface area contributed by atoms with Crippen LogP contribution in [0.4, 0.5) is 0 Å². The number of likely N-dealkylation sites (tertiary alicyclic amines) is 1. The summed E-state index contributed by atoms with van der Waals surface area (Å²) in [4.78, 5) is 73.7. The number of aromatic nitrogens is 3. The van der Waals surface area contributed by atoms with E-state index in [1.54, 1.807) is 0 Å². The number of carbonyl (C=O) groups is 4. The van der Waals surface area contributed by atoms with Crippen LogP contribution in [0.5, 0.6) is 0 Å². The van der Waals surface area contributed by atoms with Gasteiger partial charge < -0.3 is 19.1 Å². The molecule has 4 atom stereocenters. The highest BCUT2D eigenvalue weighted by Crippen LogP contribution is 2.36. The van der Waals surface area contributed by atoms with E-state index >= 15 is 0 Å². The number of hydrogen-bond donors (Lipinski definition) is 1. The number of nitrogens with one attached hydrogen (secondary N) is 1. The molecular formula is C16H20N4O9. The van der Waals surface area contributed by atoms with Gasteiger partial charge in [0.25, 0.3) is 5.56 Å². The predicted molar refractivity (Wildman–Crippen MR) is 92.2 cm³/mol. The Morgan fingerprint density at radius 2 is 1.59 bits per heavy atom. The van der Waals surface area contributed by atoms with Crippen molar-refractivity contribution in [2.75, 3.05) is 6.61 Å². The van der Waals surface area contributed by atoms with Crippen LogP contribution in [-0.4, -0.2) is 68.3 Å². The second-order valence-electron chi connectivity index (χ2n) is 6.24. The topological polar surface area (TPSA) is 167 Å². The number of H-pyrrole nitrogens is 1. The van der Waals surface area contributed by atoms with E-state index in [1.807, 2.05) is 4.98 Å². The number of esters is 3. The normalized spacial score (nSPS) is 23.4. The van der Waals surface area contributed by atoms with Gasteiger partial charge in [-0.1, -0.05) is 0 Å². The van der Waals surface area contributed by atoms with Crippen molar-refractivity contribution in [1.29, 1.82) is 0 Å². The van der Waals surface area contributed by atoms with Crippen molar-refractivity contribution >= 4 is 23.8 Å². The van der Waals surface area contributed by atoms with Crippen molar-refractivity contribution in [2.45, 2.75) is 52.1 Å². The summed E-state index contributed by atoms with van der Waals surface area (Å²) < 4.78 is 16.2. The van der Waals surface area contributed by atoms with E-state index in [0.717, 1.165) is 43.5 Å². The molecule has 29 heavy (non-hydrogen) atoms. The van der Waals surface area contributed by atoms with Gasteiger partial charge >= 0.3 is 23.6 Å². The molecule has 1 aromatic heterocycles. The Balaban J connectivity index is 2.66. The Hall–Kier alpha value is -3.51. The zero-order chi connectivity index (χ0) is 21.9. The molecule has 0 spiro atoms. The molecule has 1 aliphatic heterocycles. The van der Waals surface area contributed by atoms with Crippen LogP contribution < -0.4 is 11.2 Å². The maximum Gasteiger partial charge on any atom is 0.346 e. The van der Waals surface area contributed by atoms with Gasteiger partial charge in [0, 0.05) is 27.7 Å². The third-order valence-corrected chi connectivity index (χ3v) is 4.05. The van der Waals surface area contributed by atoms with Gasteiger partial charge in [0.15, 0.2) is 18.4 Å². The van der Waals surface area contributed by atoms with E-state index in [-0.39, 0.29) is 0 Å². The molecule has 1 fully saturated rings. The van der Waals surface area contributed by atoms with E-state index in [9.17, 15) is 28.8 Å². The Kier molecular flexibility index (Phi) is 6.51. The van der Waals surface area contributed by atoms with Gasteiger partial charge in [0.1, 0.15) is 18.8 Å². The third kappa shape index (κ3) is 4.86. The van der Waals surface area contributed by atoms with Crippen molar-refractivity contribution in [3.05, 3.63) is 27.0 Å². The van der Waals surface area contributed by atoms with E-state index < -0.39 is 66.1 Å². The molecule has 0 aliphatic carbocycles. The van der Waals surface area contributed by atoms with Gasteiger partial charge in [-0.15, -0.1) is 0 Å². The van der Waals surface area contributed by atoms with Crippen molar-refractivity contribution in [3.63, 3.8) is 0 Å². The van der Waals surface area contributed by atoms with Gasteiger partial charge in [-0.25, -0.2) is 4.79 Å². The van der Waals surface area contributed by atoms with E-state index in [4.69, 9.17) is 14.2 Å². The standard InChI is InChI=1S/C16H20N4O9/c1-7(21)19-11(6-27-8(2)22)13(28-9(3)23)14(29-10(4)24)15(19)20-16(26)18-12(25)5-17-20/h5,11,13-15H,6H2,1-4H3,(H,18,25,26)/t11-,13-,14-,15-/m1/s1. The molecule has 0 aromatic carbocycles. The summed E-state index contributed by atoms with van der Waals surface area (Å²) in [5.74, 6) is -2.82. The van der Waals surface area contributed by atoms with Crippen LogP contribution in [0.3, 0.4) is 0 Å². The second kappa shape index (κ2) is 8.67. The largest absolute Gasteiger partial charge is 0.464 e. The van der Waals surface area contributed by atoms with Crippen LogP contribution >= 0.6 is 0 Å². The van der Waals surface area contributed by atoms with Gasteiger partial charge in [0.05, 0.1) is 0 Å². The first kappa shape index (κ1) is 21.8. The predicted octanol–water partition coefficient (Wildman–Crippen LogP) is -1.91. The molecule has 1 aromatic rings. The number of amides is 1. The fraction of sp³-hybridized carbons (Fsp3) is 0.562. The fourth-order valence-electron chi connectivity index (χ4n) is 3.16. The Morgan fingerprint density at radius 1 is 1.00 bits per heavy atom. The van der Waals surface area contributed by atoms with Crippen LogP contribution in [0.15, 0.2) is 15.8 Å². The lowest BCUT2D eigenvalue weighted by Gasteiger charge is -2.29. The summed E-state index contributed by atoms with van der Waals surface area (Å²) in [5.41, 5.74) is -1.77. The molecule has 0 radical (unpaired) electrons. The Labute approximate surface area is 163 Å². The van der Waals surface area contributed by atoms with Crippen molar-refractivity contribution in [1.82, 2.24) is 19.7 Å². The van der Waals surface area contributed by atoms with Crippen LogP contribution in [-0.2, 0) is 33.4 Å². The average Bonchev–Trinajstić information content (AvgIpc) is 2.85. The van der Waals surface area contributed by atoms with Crippen LogP contribution in [0.2, 0.25) is 0 Å². The molecule has 0 bridgehead atoms. The molecule has 1 N–H and O–H groups in total. The fourth-order valence-corrected chi connectivity index (χ4v) is 3.16. The lowest BCUT2D eigenvalue weighted by molar-refractivity contribution is -0.166. The maximum absolute atomic E-state index is 12.4. The minimum atomic E-state index is -1.37. The molecule has 0 unspecified atom stereocenters. The first-order chi connectivity index (χ1) is 13.5. The zero-order valence-corrected chi connectivity index (χ0v) is 16.1. The minimum absolute atomic E-state index is 0.404. The van der Waals surface area contributed by atoms with Crippen LogP contribution in [0, 0.1) is 0 Å². The Morgan fingerprint density at radius 3 is 2.07 bits per heavy atom. The molecule has 2 heterocycles. The summed E-state index contributed by atoms with van der Waals surface area (Å²) in [6.45, 7) is 4.08. The third-order valence-electron chi connectivity index (χ3n) is 4.05. The molecule has 1 saturated heterocycles. The molecule has 0 saturated carbocycles. The highest BCUT2D eigenvalue weighted by Gasteiger charge is 2.56. The Bertz CT molecular complexity index is 937. The lowest BCUT2D eigenvalue weighted by Crippen LogP contribution is -2.47. The van der Waals surface area contributed by atoms with E-state index in [1.165, 1.54) is 0 Å². The monoisotopic (exact) mass is 412 g/mol. The molecule has 1 aliphatic rings. The number of nitrogens with zero attached hydrogens (tertiary/aromatic N) is 3. The summed E-state index contributed by atoms with van der Waals surface area (Å²) >= 11 is 0. The quantitative estimate of drug-likeness (QED) is 0.425. The first-order valence-electron chi connectivity index (χ1n) is 8.47. The van der Waals surface area contributed by atoms with Gasteiger partial charge in [-0.3, -0.25) is 29.0 Å². The number of rotatable bonds is 5. The SMILES string of the molecule is CC(=O)OC[C@@H]1[C@@H](OC(C)=O)[C@@H](OC(C)=O)[C@@H](n2ncc(=O)[nH]c2=O)N1C(C)=O. The molecule has 2 rings (SSSR count). The lowest BCUT2D eigenvalue weighted by atomic mass is 10.1. The number of aromatic amines is 1. The maximum atomic E-state index is 12.4. The van der Waals surface area contributed by atoms with Crippen molar-refractivity contribution in [3.8, 4) is 0 Å². The first-order valence-corrected chi connectivity index (χ1v) is 8.47.